The van der Waals surface area contributed by atoms with Gasteiger partial charge >= 0.3 is 12.1 Å². The Hall–Kier alpha value is -1.69. The Morgan fingerprint density at radius 1 is 1.24 bits per heavy atom. The molecule has 1 aromatic carbocycles. The number of rotatable bonds is 5. The van der Waals surface area contributed by atoms with Crippen molar-refractivity contribution in [1.82, 2.24) is 5.32 Å². The van der Waals surface area contributed by atoms with Gasteiger partial charge in [0.1, 0.15) is 12.2 Å². The Labute approximate surface area is 130 Å². The summed E-state index contributed by atoms with van der Waals surface area (Å²) < 4.78 is 10.2. The molecule has 1 atom stereocenters. The molecular formula is C15H21NO4S. The largest absolute Gasteiger partial charge is 0.463 e. The van der Waals surface area contributed by atoms with Crippen LogP contribution in [-0.2, 0) is 14.3 Å². The smallest absolute Gasteiger partial charge is 0.408 e. The molecule has 21 heavy (non-hydrogen) atoms. The minimum Gasteiger partial charge on any atom is -0.463 e. The van der Waals surface area contributed by atoms with Crippen LogP contribution in [0, 0.1) is 0 Å². The lowest BCUT2D eigenvalue weighted by Gasteiger charge is -2.23. The van der Waals surface area contributed by atoms with Crippen molar-refractivity contribution in [3.05, 3.63) is 35.9 Å². The number of carbonyl (C=O) groups is 2. The second-order valence-electron chi connectivity index (χ2n) is 5.38. The summed E-state index contributed by atoms with van der Waals surface area (Å²) in [4.78, 5) is 23.9. The molecule has 0 saturated heterocycles. The molecule has 0 aliphatic heterocycles. The molecule has 6 heteroatoms. The van der Waals surface area contributed by atoms with Gasteiger partial charge in [0.15, 0.2) is 6.04 Å². The van der Waals surface area contributed by atoms with Crippen molar-refractivity contribution in [3.63, 3.8) is 0 Å². The first-order chi connectivity index (χ1) is 9.83. The molecule has 0 aliphatic carbocycles. The lowest BCUT2D eigenvalue weighted by Crippen LogP contribution is -2.38. The van der Waals surface area contributed by atoms with E-state index in [1.807, 2.05) is 6.07 Å². The first-order valence-corrected chi connectivity index (χ1v) is 7.28. The van der Waals surface area contributed by atoms with E-state index in [0.717, 1.165) is 0 Å². The third-order valence-electron chi connectivity index (χ3n) is 2.37. The number of benzene rings is 1. The first-order valence-electron chi connectivity index (χ1n) is 6.65. The van der Waals surface area contributed by atoms with Gasteiger partial charge in [-0.1, -0.05) is 30.3 Å². The summed E-state index contributed by atoms with van der Waals surface area (Å²) in [5.41, 5.74) is -0.00660. The molecule has 0 saturated carbocycles. The fraction of sp³-hybridized carbons (Fsp3) is 0.467. The molecule has 0 spiro atoms. The number of esters is 1. The number of hydrogen-bond acceptors (Lipinski definition) is 5. The maximum absolute atomic E-state index is 12.1. The van der Waals surface area contributed by atoms with Crippen LogP contribution in [-0.4, -0.2) is 30.0 Å². The van der Waals surface area contributed by atoms with Crippen LogP contribution in [0.3, 0.4) is 0 Å². The molecule has 0 radical (unpaired) electrons. The molecule has 1 rings (SSSR count). The SMILES string of the molecule is CC(C)(C)OC(=O)NC(C(=O)OCCS)c1ccccc1. The Balaban J connectivity index is 2.82. The number of alkyl carbamates (subject to hydrolysis) is 1. The highest BCUT2D eigenvalue weighted by Crippen LogP contribution is 2.16. The molecule has 5 nitrogen and oxygen atoms in total. The second kappa shape index (κ2) is 7.93. The van der Waals surface area contributed by atoms with Gasteiger partial charge in [-0.25, -0.2) is 9.59 Å². The van der Waals surface area contributed by atoms with Crippen LogP contribution in [0.25, 0.3) is 0 Å². The summed E-state index contributed by atoms with van der Waals surface area (Å²) in [5.74, 6) is -0.124. The van der Waals surface area contributed by atoms with Crippen LogP contribution in [0.4, 0.5) is 4.79 Å². The molecule has 0 heterocycles. The summed E-state index contributed by atoms with van der Waals surface area (Å²) in [6.45, 7) is 5.44. The van der Waals surface area contributed by atoms with Gasteiger partial charge in [-0.3, -0.25) is 0 Å². The lowest BCUT2D eigenvalue weighted by atomic mass is 10.1. The quantitative estimate of drug-likeness (QED) is 0.648. The van der Waals surface area contributed by atoms with Crippen molar-refractivity contribution < 1.29 is 19.1 Å². The lowest BCUT2D eigenvalue weighted by molar-refractivity contribution is -0.145. The van der Waals surface area contributed by atoms with Crippen LogP contribution in [0.1, 0.15) is 32.4 Å². The van der Waals surface area contributed by atoms with Gasteiger partial charge in [-0.2, -0.15) is 12.6 Å². The summed E-state index contributed by atoms with van der Waals surface area (Å²) in [5, 5.41) is 2.54. The van der Waals surface area contributed by atoms with Crippen LogP contribution < -0.4 is 5.32 Å². The Morgan fingerprint density at radius 2 is 1.86 bits per heavy atom. The number of carbonyl (C=O) groups excluding carboxylic acids is 2. The van der Waals surface area contributed by atoms with Crippen LogP contribution in [0.2, 0.25) is 0 Å². The fourth-order valence-corrected chi connectivity index (χ4v) is 1.67. The zero-order valence-electron chi connectivity index (χ0n) is 12.5. The van der Waals surface area contributed by atoms with E-state index in [-0.39, 0.29) is 6.61 Å². The zero-order chi connectivity index (χ0) is 15.9. The van der Waals surface area contributed by atoms with Gasteiger partial charge in [0.05, 0.1) is 0 Å². The summed E-state index contributed by atoms with van der Waals surface area (Å²) >= 11 is 3.99. The van der Waals surface area contributed by atoms with E-state index in [0.29, 0.717) is 11.3 Å². The second-order valence-corrected chi connectivity index (χ2v) is 5.83. The van der Waals surface area contributed by atoms with Crippen LogP contribution >= 0.6 is 12.6 Å². The maximum Gasteiger partial charge on any atom is 0.408 e. The Bertz CT molecular complexity index is 470. The van der Waals surface area contributed by atoms with Crippen molar-refractivity contribution in [1.29, 1.82) is 0 Å². The fourth-order valence-electron chi connectivity index (χ4n) is 1.58. The van der Waals surface area contributed by atoms with E-state index in [4.69, 9.17) is 9.47 Å². The molecule has 0 bridgehead atoms. The molecule has 0 fully saturated rings. The molecule has 1 N–H and O–H groups in total. The van der Waals surface area contributed by atoms with E-state index < -0.39 is 23.7 Å². The van der Waals surface area contributed by atoms with E-state index in [1.54, 1.807) is 45.0 Å². The third kappa shape index (κ3) is 6.53. The van der Waals surface area contributed by atoms with Gasteiger partial charge in [0, 0.05) is 5.75 Å². The Kier molecular flexibility index (Phi) is 6.55. The van der Waals surface area contributed by atoms with Gasteiger partial charge in [0.25, 0.3) is 0 Å². The van der Waals surface area contributed by atoms with Gasteiger partial charge < -0.3 is 14.8 Å². The zero-order valence-corrected chi connectivity index (χ0v) is 13.4. The molecule has 116 valence electrons. The standard InChI is InChI=1S/C15H21NO4S/c1-15(2,3)20-14(18)16-12(13(17)19-9-10-21)11-7-5-4-6-8-11/h4-8,12,21H,9-10H2,1-3H3,(H,16,18). The number of ether oxygens (including phenoxy) is 2. The number of thiol groups is 1. The highest BCUT2D eigenvalue weighted by molar-refractivity contribution is 7.80. The van der Waals surface area contributed by atoms with Crippen molar-refractivity contribution in [2.24, 2.45) is 0 Å². The highest BCUT2D eigenvalue weighted by atomic mass is 32.1. The average Bonchev–Trinajstić information content (AvgIpc) is 2.41. The van der Waals surface area contributed by atoms with E-state index in [9.17, 15) is 9.59 Å². The van der Waals surface area contributed by atoms with E-state index in [1.165, 1.54) is 0 Å². The topological polar surface area (TPSA) is 64.6 Å². The first kappa shape index (κ1) is 17.4. The number of amides is 1. The van der Waals surface area contributed by atoms with Gasteiger partial charge in [0.2, 0.25) is 0 Å². The van der Waals surface area contributed by atoms with E-state index in [2.05, 4.69) is 17.9 Å². The highest BCUT2D eigenvalue weighted by Gasteiger charge is 2.26. The number of hydrogen-bond donors (Lipinski definition) is 2. The molecule has 0 aromatic heterocycles. The molecule has 0 aliphatic rings. The summed E-state index contributed by atoms with van der Waals surface area (Å²) in [6, 6.07) is 7.97. The molecular weight excluding hydrogens is 290 g/mol. The third-order valence-corrected chi connectivity index (χ3v) is 2.55. The summed E-state index contributed by atoms with van der Waals surface area (Å²) in [7, 11) is 0. The average molecular weight is 311 g/mol. The Morgan fingerprint density at radius 3 is 2.38 bits per heavy atom. The normalized spacial score (nSPS) is 12.4. The van der Waals surface area contributed by atoms with Gasteiger partial charge in [-0.05, 0) is 26.3 Å². The van der Waals surface area contributed by atoms with Crippen molar-refractivity contribution in [2.45, 2.75) is 32.4 Å². The molecule has 1 amide bonds. The van der Waals surface area contributed by atoms with Crippen molar-refractivity contribution in [2.75, 3.05) is 12.4 Å². The van der Waals surface area contributed by atoms with Crippen LogP contribution in [0.15, 0.2) is 30.3 Å². The van der Waals surface area contributed by atoms with Gasteiger partial charge in [-0.15, -0.1) is 0 Å². The predicted molar refractivity (Wildman–Crippen MR) is 83.4 cm³/mol. The van der Waals surface area contributed by atoms with E-state index >= 15 is 0 Å². The maximum atomic E-state index is 12.1. The van der Waals surface area contributed by atoms with Crippen molar-refractivity contribution in [3.8, 4) is 0 Å². The predicted octanol–water partition coefficient (Wildman–Crippen LogP) is 2.73. The molecule has 1 aromatic rings. The number of nitrogens with one attached hydrogen (secondary N) is 1. The van der Waals surface area contributed by atoms with Crippen LogP contribution in [0.5, 0.6) is 0 Å². The monoisotopic (exact) mass is 311 g/mol. The molecule has 1 unspecified atom stereocenters. The minimum absolute atomic E-state index is 0.182. The van der Waals surface area contributed by atoms with Crippen molar-refractivity contribution >= 4 is 24.7 Å². The summed E-state index contributed by atoms with van der Waals surface area (Å²) in [6.07, 6.45) is -0.667. The minimum atomic E-state index is -0.902.